The lowest BCUT2D eigenvalue weighted by Crippen LogP contribution is -2.41. The number of likely N-dealkylation sites (tertiary alicyclic amines) is 1. The molecule has 0 atom stereocenters. The summed E-state index contributed by atoms with van der Waals surface area (Å²) < 4.78 is 36.1. The van der Waals surface area contributed by atoms with Crippen LogP contribution in [0.5, 0.6) is 0 Å². The van der Waals surface area contributed by atoms with Gasteiger partial charge in [0.15, 0.2) is 0 Å². The second-order valence-electron chi connectivity index (χ2n) is 4.75. The Hall–Kier alpha value is -0.740. The summed E-state index contributed by atoms with van der Waals surface area (Å²) in [6.07, 6.45) is -4.06. The number of carbonyl (C=O) groups excluding carboxylic acids is 1. The number of carbonyl (C=O) groups is 1. The largest absolute Gasteiger partial charge is 0.397 e. The summed E-state index contributed by atoms with van der Waals surface area (Å²) in [6, 6.07) is 0. The maximum Gasteiger partial charge on any atom is 0.397 e. The van der Waals surface area contributed by atoms with E-state index in [0.29, 0.717) is 24.9 Å². The average Bonchev–Trinajstić information content (AvgIpc) is 2.15. The van der Waals surface area contributed by atoms with Crippen molar-refractivity contribution in [3.05, 3.63) is 0 Å². The Labute approximate surface area is 93.8 Å². The lowest BCUT2D eigenvalue weighted by molar-refractivity contribution is -0.162. The highest BCUT2D eigenvalue weighted by molar-refractivity contribution is 5.76. The van der Waals surface area contributed by atoms with Gasteiger partial charge in [-0.3, -0.25) is 4.79 Å². The van der Waals surface area contributed by atoms with Crippen molar-refractivity contribution in [3.8, 4) is 0 Å². The fourth-order valence-corrected chi connectivity index (χ4v) is 2.10. The summed E-state index contributed by atoms with van der Waals surface area (Å²) in [4.78, 5) is 12.6. The second-order valence-corrected chi connectivity index (χ2v) is 4.75. The van der Waals surface area contributed by atoms with Crippen molar-refractivity contribution in [2.24, 2.45) is 11.8 Å². The topological polar surface area (TPSA) is 20.3 Å². The Morgan fingerprint density at radius 2 is 1.81 bits per heavy atom. The van der Waals surface area contributed by atoms with Gasteiger partial charge in [0.1, 0.15) is 6.42 Å². The maximum absolute atomic E-state index is 12.0. The van der Waals surface area contributed by atoms with Crippen molar-refractivity contribution in [1.29, 1.82) is 0 Å². The highest BCUT2D eigenvalue weighted by Crippen LogP contribution is 2.26. The molecule has 1 rings (SSSR count). The van der Waals surface area contributed by atoms with E-state index in [-0.39, 0.29) is 0 Å². The molecule has 5 heteroatoms. The first kappa shape index (κ1) is 13.3. The molecule has 1 amide bonds. The zero-order valence-electron chi connectivity index (χ0n) is 9.68. The van der Waals surface area contributed by atoms with Crippen LogP contribution in [0.4, 0.5) is 13.2 Å². The lowest BCUT2D eigenvalue weighted by Gasteiger charge is -2.34. The van der Waals surface area contributed by atoms with Crippen molar-refractivity contribution in [2.75, 3.05) is 13.1 Å². The first-order valence-corrected chi connectivity index (χ1v) is 5.64. The molecule has 0 radical (unpaired) electrons. The molecule has 1 heterocycles. The fraction of sp³-hybridized carbons (Fsp3) is 0.909. The van der Waals surface area contributed by atoms with Gasteiger partial charge >= 0.3 is 6.18 Å². The van der Waals surface area contributed by atoms with Gasteiger partial charge in [-0.05, 0) is 24.7 Å². The van der Waals surface area contributed by atoms with Gasteiger partial charge in [-0.25, -0.2) is 0 Å². The molecule has 0 aromatic rings. The van der Waals surface area contributed by atoms with Gasteiger partial charge in [0.05, 0.1) is 0 Å². The minimum absolute atomic E-state index is 0.470. The monoisotopic (exact) mass is 237 g/mol. The molecule has 16 heavy (non-hydrogen) atoms. The molecule has 94 valence electrons. The minimum atomic E-state index is -4.38. The number of hydrogen-bond acceptors (Lipinski definition) is 1. The van der Waals surface area contributed by atoms with Gasteiger partial charge in [0.25, 0.3) is 0 Å². The quantitative estimate of drug-likeness (QED) is 0.723. The van der Waals surface area contributed by atoms with Crippen LogP contribution in [0.3, 0.4) is 0 Å². The maximum atomic E-state index is 12.0. The van der Waals surface area contributed by atoms with E-state index in [1.54, 1.807) is 0 Å². The highest BCUT2D eigenvalue weighted by atomic mass is 19.4. The molecule has 1 saturated heterocycles. The predicted octanol–water partition coefficient (Wildman–Crippen LogP) is 2.83. The standard InChI is InChI=1S/C11H18F3NO/c1-8(2)9-3-5-15(6-4-9)10(16)7-11(12,13)14/h8-9H,3-7H2,1-2H3. The molecule has 1 aliphatic rings. The zero-order chi connectivity index (χ0) is 12.3. The van der Waals surface area contributed by atoms with Crippen molar-refractivity contribution < 1.29 is 18.0 Å². The van der Waals surface area contributed by atoms with E-state index in [4.69, 9.17) is 0 Å². The second kappa shape index (κ2) is 5.06. The number of nitrogens with zero attached hydrogens (tertiary/aromatic N) is 1. The summed E-state index contributed by atoms with van der Waals surface area (Å²) in [6.45, 7) is 5.16. The molecule has 0 aromatic carbocycles. The van der Waals surface area contributed by atoms with Crippen molar-refractivity contribution in [3.63, 3.8) is 0 Å². The predicted molar refractivity (Wildman–Crippen MR) is 54.8 cm³/mol. The van der Waals surface area contributed by atoms with Gasteiger partial charge in [0.2, 0.25) is 5.91 Å². The number of rotatable bonds is 2. The average molecular weight is 237 g/mol. The zero-order valence-corrected chi connectivity index (χ0v) is 9.68. The highest BCUT2D eigenvalue weighted by Gasteiger charge is 2.34. The van der Waals surface area contributed by atoms with Crippen molar-refractivity contribution in [1.82, 2.24) is 4.90 Å². The molecule has 2 nitrogen and oxygen atoms in total. The SMILES string of the molecule is CC(C)C1CCN(C(=O)CC(F)(F)F)CC1. The lowest BCUT2D eigenvalue weighted by atomic mass is 9.86. The fourth-order valence-electron chi connectivity index (χ4n) is 2.10. The number of halogens is 3. The van der Waals surface area contributed by atoms with E-state index in [2.05, 4.69) is 13.8 Å². The Kier molecular flexibility index (Phi) is 4.21. The van der Waals surface area contributed by atoms with Crippen LogP contribution in [0.1, 0.15) is 33.1 Å². The van der Waals surface area contributed by atoms with Crippen LogP contribution in [0.25, 0.3) is 0 Å². The van der Waals surface area contributed by atoms with Crippen LogP contribution in [-0.2, 0) is 4.79 Å². The van der Waals surface area contributed by atoms with E-state index < -0.39 is 18.5 Å². The summed E-state index contributed by atoms with van der Waals surface area (Å²) in [5, 5.41) is 0. The van der Waals surface area contributed by atoms with Crippen molar-refractivity contribution in [2.45, 2.75) is 39.3 Å². The molecule has 0 aromatic heterocycles. The third kappa shape index (κ3) is 4.02. The van der Waals surface area contributed by atoms with E-state index >= 15 is 0 Å². The summed E-state index contributed by atoms with van der Waals surface area (Å²) in [5.41, 5.74) is 0. The Morgan fingerprint density at radius 3 is 2.19 bits per heavy atom. The van der Waals surface area contributed by atoms with E-state index in [1.165, 1.54) is 4.90 Å². The molecule has 1 fully saturated rings. The first-order chi connectivity index (χ1) is 7.29. The third-order valence-corrected chi connectivity index (χ3v) is 3.19. The number of hydrogen-bond donors (Lipinski definition) is 0. The van der Waals surface area contributed by atoms with Crippen molar-refractivity contribution >= 4 is 5.91 Å². The molecular weight excluding hydrogens is 219 g/mol. The minimum Gasteiger partial charge on any atom is -0.342 e. The molecule has 0 aliphatic carbocycles. The van der Waals surface area contributed by atoms with Gasteiger partial charge < -0.3 is 4.90 Å². The van der Waals surface area contributed by atoms with E-state index in [9.17, 15) is 18.0 Å². The van der Waals surface area contributed by atoms with Gasteiger partial charge in [-0.1, -0.05) is 13.8 Å². The molecule has 1 aliphatic heterocycles. The third-order valence-electron chi connectivity index (χ3n) is 3.19. The molecule has 0 bridgehead atoms. The Morgan fingerprint density at radius 1 is 1.31 bits per heavy atom. The molecule has 0 saturated carbocycles. The summed E-state index contributed by atoms with van der Waals surface area (Å²) in [5.74, 6) is 0.296. The first-order valence-electron chi connectivity index (χ1n) is 5.64. The van der Waals surface area contributed by atoms with Crippen LogP contribution in [0, 0.1) is 11.8 Å². The van der Waals surface area contributed by atoms with Crippen LogP contribution in [0.15, 0.2) is 0 Å². The number of amides is 1. The van der Waals surface area contributed by atoms with Gasteiger partial charge in [-0.15, -0.1) is 0 Å². The smallest absolute Gasteiger partial charge is 0.342 e. The number of piperidine rings is 1. The van der Waals surface area contributed by atoms with Gasteiger partial charge in [-0.2, -0.15) is 13.2 Å². The summed E-state index contributed by atoms with van der Waals surface area (Å²) in [7, 11) is 0. The van der Waals surface area contributed by atoms with E-state index in [1.807, 2.05) is 0 Å². The number of alkyl halides is 3. The van der Waals surface area contributed by atoms with E-state index in [0.717, 1.165) is 12.8 Å². The normalized spacial score (nSPS) is 19.2. The van der Waals surface area contributed by atoms with Crippen LogP contribution < -0.4 is 0 Å². The van der Waals surface area contributed by atoms with Crippen LogP contribution in [0.2, 0.25) is 0 Å². The summed E-state index contributed by atoms with van der Waals surface area (Å²) >= 11 is 0. The Bertz CT molecular complexity index is 242. The van der Waals surface area contributed by atoms with Gasteiger partial charge in [0, 0.05) is 13.1 Å². The molecule has 0 unspecified atom stereocenters. The molecular formula is C11H18F3NO. The molecule has 0 spiro atoms. The van der Waals surface area contributed by atoms with Crippen LogP contribution >= 0.6 is 0 Å². The Balaban J connectivity index is 2.39. The van der Waals surface area contributed by atoms with Crippen LogP contribution in [-0.4, -0.2) is 30.1 Å². The molecule has 0 N–H and O–H groups in total.